The summed E-state index contributed by atoms with van der Waals surface area (Å²) in [5, 5.41) is 11.8. The molecule has 10 heteroatoms. The molecule has 2 aliphatic rings. The zero-order valence-electron chi connectivity index (χ0n) is 18.1. The van der Waals surface area contributed by atoms with Gasteiger partial charge in [-0.3, -0.25) is 19.7 Å². The molecule has 1 fully saturated rings. The lowest BCUT2D eigenvalue weighted by molar-refractivity contribution is -0.387. The number of nitrogens with zero attached hydrogens (tertiary/aromatic N) is 3. The first-order valence-corrected chi connectivity index (χ1v) is 11.3. The quantitative estimate of drug-likeness (QED) is 0.286. The summed E-state index contributed by atoms with van der Waals surface area (Å²) < 4.78 is 0. The highest BCUT2D eigenvalue weighted by molar-refractivity contribution is 7.99. The van der Waals surface area contributed by atoms with Crippen molar-refractivity contribution in [3.05, 3.63) is 64.2 Å². The minimum atomic E-state index is -0.454. The minimum absolute atomic E-state index is 0.0237. The molecule has 0 radical (unpaired) electrons. The third-order valence-electron chi connectivity index (χ3n) is 5.64. The third-order valence-corrected chi connectivity index (χ3v) is 6.69. The second-order valence-corrected chi connectivity index (χ2v) is 8.86. The third kappa shape index (κ3) is 5.01. The molecule has 0 unspecified atom stereocenters. The van der Waals surface area contributed by atoms with Crippen molar-refractivity contribution in [2.45, 2.75) is 23.1 Å². The van der Waals surface area contributed by atoms with Gasteiger partial charge in [-0.1, -0.05) is 24.4 Å². The summed E-state index contributed by atoms with van der Waals surface area (Å²) in [5.74, 6) is 0.337. The molecule has 0 spiro atoms. The number of nitro groups is 1. The number of carbonyl (C=O) groups is 2. The van der Waals surface area contributed by atoms with Crippen LogP contribution >= 0.6 is 11.8 Å². The van der Waals surface area contributed by atoms with Gasteiger partial charge in [-0.25, -0.2) is 0 Å². The zero-order valence-corrected chi connectivity index (χ0v) is 18.9. The van der Waals surface area contributed by atoms with E-state index in [9.17, 15) is 19.7 Å². The zero-order chi connectivity index (χ0) is 23.5. The lowest BCUT2D eigenvalue weighted by Crippen LogP contribution is -2.50. The molecule has 0 bridgehead atoms. The summed E-state index contributed by atoms with van der Waals surface area (Å²) in [5.41, 5.74) is 1.48. The Bertz CT molecular complexity index is 1130. The number of nitro benzene ring substituents is 1. The second-order valence-electron chi connectivity index (χ2n) is 7.74. The SMILES string of the molecule is C=C(C(=O)N1CCN(C(C)=O)CC1)c1ccc(Sc2ccc3c(c2)CCOO3)c([N+](=O)[O-])c1. The van der Waals surface area contributed by atoms with Gasteiger partial charge >= 0.3 is 0 Å². The van der Waals surface area contributed by atoms with Crippen LogP contribution in [-0.4, -0.2) is 59.3 Å². The first kappa shape index (κ1) is 22.8. The van der Waals surface area contributed by atoms with Crippen LogP contribution in [0.15, 0.2) is 52.8 Å². The van der Waals surface area contributed by atoms with Gasteiger partial charge in [0.1, 0.15) is 0 Å². The second kappa shape index (κ2) is 9.63. The van der Waals surface area contributed by atoms with Gasteiger partial charge in [-0.05, 0) is 29.8 Å². The topological polar surface area (TPSA) is 102 Å². The molecule has 0 N–H and O–H groups in total. The molecule has 172 valence electrons. The van der Waals surface area contributed by atoms with Gasteiger partial charge in [0.15, 0.2) is 5.75 Å². The predicted octanol–water partition coefficient (Wildman–Crippen LogP) is 3.32. The fourth-order valence-electron chi connectivity index (χ4n) is 3.75. The molecule has 2 aromatic carbocycles. The number of hydrogen-bond acceptors (Lipinski definition) is 7. The average Bonchev–Trinajstić information content (AvgIpc) is 2.83. The molecule has 2 heterocycles. The Morgan fingerprint density at radius 3 is 2.52 bits per heavy atom. The van der Waals surface area contributed by atoms with E-state index in [2.05, 4.69) is 6.58 Å². The van der Waals surface area contributed by atoms with Gasteiger partial charge in [0.05, 0.1) is 16.4 Å². The maximum atomic E-state index is 12.9. The lowest BCUT2D eigenvalue weighted by atomic mass is 10.1. The van der Waals surface area contributed by atoms with E-state index in [1.807, 2.05) is 12.1 Å². The van der Waals surface area contributed by atoms with Crippen LogP contribution in [0.3, 0.4) is 0 Å². The monoisotopic (exact) mass is 469 g/mol. The van der Waals surface area contributed by atoms with E-state index in [1.165, 1.54) is 24.8 Å². The predicted molar refractivity (Wildman–Crippen MR) is 122 cm³/mol. The lowest BCUT2D eigenvalue weighted by Gasteiger charge is -2.34. The molecule has 9 nitrogen and oxygen atoms in total. The first-order valence-electron chi connectivity index (χ1n) is 10.5. The van der Waals surface area contributed by atoms with Crippen LogP contribution in [0.4, 0.5) is 5.69 Å². The number of rotatable bonds is 5. The number of fused-ring (bicyclic) bond motifs is 1. The van der Waals surface area contributed by atoms with Crippen molar-refractivity contribution in [1.82, 2.24) is 9.80 Å². The van der Waals surface area contributed by atoms with Crippen molar-refractivity contribution in [2.75, 3.05) is 32.8 Å². The van der Waals surface area contributed by atoms with Crippen molar-refractivity contribution in [3.63, 3.8) is 0 Å². The van der Waals surface area contributed by atoms with Crippen LogP contribution in [0.25, 0.3) is 5.57 Å². The van der Waals surface area contributed by atoms with Crippen molar-refractivity contribution in [3.8, 4) is 5.75 Å². The molecule has 1 saturated heterocycles. The van der Waals surface area contributed by atoms with E-state index in [4.69, 9.17) is 9.78 Å². The molecule has 0 saturated carbocycles. The fraction of sp³-hybridized carbons (Fsp3) is 0.304. The largest absolute Gasteiger partial charge is 0.339 e. The van der Waals surface area contributed by atoms with E-state index in [-0.39, 0.29) is 23.1 Å². The Kier molecular flexibility index (Phi) is 6.66. The molecule has 0 aromatic heterocycles. The van der Waals surface area contributed by atoms with Gasteiger partial charge in [-0.2, -0.15) is 4.89 Å². The molecule has 4 rings (SSSR count). The number of piperazine rings is 1. The number of hydrogen-bond donors (Lipinski definition) is 0. The van der Waals surface area contributed by atoms with Crippen LogP contribution in [0.2, 0.25) is 0 Å². The maximum absolute atomic E-state index is 12.9. The molecule has 33 heavy (non-hydrogen) atoms. The van der Waals surface area contributed by atoms with Crippen molar-refractivity contribution in [1.29, 1.82) is 0 Å². The van der Waals surface area contributed by atoms with Crippen LogP contribution in [-0.2, 0) is 20.9 Å². The summed E-state index contributed by atoms with van der Waals surface area (Å²) in [6.07, 6.45) is 0.702. The van der Waals surface area contributed by atoms with E-state index in [1.54, 1.807) is 28.0 Å². The molecule has 2 amide bonds. The fourth-order valence-corrected chi connectivity index (χ4v) is 4.72. The Morgan fingerprint density at radius 1 is 1.09 bits per heavy atom. The summed E-state index contributed by atoms with van der Waals surface area (Å²) in [6.45, 7) is 7.57. The highest BCUT2D eigenvalue weighted by Gasteiger charge is 2.26. The molecule has 2 aromatic rings. The molecule has 0 atom stereocenters. The van der Waals surface area contributed by atoms with Gasteiger partial charge in [0.25, 0.3) is 11.6 Å². The summed E-state index contributed by atoms with van der Waals surface area (Å²) in [7, 11) is 0. The van der Waals surface area contributed by atoms with Crippen LogP contribution < -0.4 is 4.89 Å². The number of benzene rings is 2. The Balaban J connectivity index is 1.51. The van der Waals surface area contributed by atoms with Crippen molar-refractivity contribution in [2.24, 2.45) is 0 Å². The average molecular weight is 470 g/mol. The van der Waals surface area contributed by atoms with Gasteiger partial charge in [-0.15, -0.1) is 0 Å². The summed E-state index contributed by atoms with van der Waals surface area (Å²) in [6, 6.07) is 10.2. The van der Waals surface area contributed by atoms with Crippen LogP contribution in [0.1, 0.15) is 18.1 Å². The number of amides is 2. The number of carbonyl (C=O) groups excluding carboxylic acids is 2. The van der Waals surface area contributed by atoms with E-state index in [0.717, 1.165) is 10.5 Å². The summed E-state index contributed by atoms with van der Waals surface area (Å²) in [4.78, 5) is 50.4. The minimum Gasteiger partial charge on any atom is -0.339 e. The maximum Gasteiger partial charge on any atom is 0.283 e. The van der Waals surface area contributed by atoms with Gasteiger partial charge < -0.3 is 14.7 Å². The van der Waals surface area contributed by atoms with E-state index < -0.39 is 4.92 Å². The Hall–Kier alpha value is -3.37. The van der Waals surface area contributed by atoms with Crippen molar-refractivity contribution < 1.29 is 24.3 Å². The Labute approximate surface area is 195 Å². The van der Waals surface area contributed by atoms with Gasteiger partial charge in [0, 0.05) is 61.6 Å². The van der Waals surface area contributed by atoms with Gasteiger partial charge in [0.2, 0.25) is 5.91 Å². The first-order chi connectivity index (χ1) is 15.8. The Morgan fingerprint density at radius 2 is 1.82 bits per heavy atom. The highest BCUT2D eigenvalue weighted by Crippen LogP contribution is 2.38. The molecular weight excluding hydrogens is 446 g/mol. The standard InChI is InChI=1S/C23H23N3O6S/c1-15(23(28)25-10-8-24(9-11-25)16(2)27)17-3-6-22(20(14-17)26(29)30)33-19-4-5-21-18(13-19)7-12-31-32-21/h3-6,13-14H,1,7-12H2,2H3. The molecular formula is C23H23N3O6S. The van der Waals surface area contributed by atoms with Crippen molar-refractivity contribution >= 4 is 34.8 Å². The van der Waals surface area contributed by atoms with Crippen LogP contribution in [0, 0.1) is 10.1 Å². The van der Waals surface area contributed by atoms with Crippen LogP contribution in [0.5, 0.6) is 5.75 Å². The normalized spacial score (nSPS) is 15.4. The summed E-state index contributed by atoms with van der Waals surface area (Å²) >= 11 is 1.27. The molecule has 0 aliphatic carbocycles. The van der Waals surface area contributed by atoms with E-state index >= 15 is 0 Å². The smallest absolute Gasteiger partial charge is 0.283 e. The highest BCUT2D eigenvalue weighted by atomic mass is 32.2. The molecule has 2 aliphatic heterocycles. The van der Waals surface area contributed by atoms with E-state index in [0.29, 0.717) is 55.4 Å².